The third-order valence-corrected chi connectivity index (χ3v) is 7.18. The van der Waals surface area contributed by atoms with E-state index in [0.29, 0.717) is 11.5 Å². The van der Waals surface area contributed by atoms with Gasteiger partial charge in [0.2, 0.25) is 18.6 Å². The highest BCUT2D eigenvalue weighted by molar-refractivity contribution is 7.10. The summed E-state index contributed by atoms with van der Waals surface area (Å²) in [6.45, 7) is 0.454. The number of fused-ring (bicyclic) bond motifs is 1. The van der Waals surface area contributed by atoms with Gasteiger partial charge >= 0.3 is 0 Å². The lowest BCUT2D eigenvalue weighted by Gasteiger charge is -2.32. The maximum absolute atomic E-state index is 13.7. The van der Waals surface area contributed by atoms with Crippen molar-refractivity contribution in [3.63, 3.8) is 0 Å². The Morgan fingerprint density at radius 1 is 1.09 bits per heavy atom. The molecule has 0 radical (unpaired) electrons. The third-order valence-electron chi connectivity index (χ3n) is 6.30. The molecular weight excluding hydrogens is 450 g/mol. The van der Waals surface area contributed by atoms with Crippen LogP contribution in [0, 0.1) is 0 Å². The molecule has 0 spiro atoms. The Labute approximate surface area is 202 Å². The Hall–Kier alpha value is -3.39. The molecule has 8 heteroatoms. The number of carbonyl (C=O) groups is 2. The minimum Gasteiger partial charge on any atom is -0.454 e. The molecule has 0 unspecified atom stereocenters. The fourth-order valence-electron chi connectivity index (χ4n) is 4.59. The van der Waals surface area contributed by atoms with Crippen LogP contribution in [-0.2, 0) is 22.6 Å². The van der Waals surface area contributed by atoms with E-state index in [1.54, 1.807) is 17.3 Å². The van der Waals surface area contributed by atoms with Crippen LogP contribution in [0.25, 0.3) is 0 Å². The largest absolute Gasteiger partial charge is 0.454 e. The van der Waals surface area contributed by atoms with E-state index < -0.39 is 6.04 Å². The van der Waals surface area contributed by atoms with Crippen LogP contribution in [0.5, 0.6) is 11.5 Å². The molecule has 1 aliphatic heterocycles. The molecule has 1 saturated carbocycles. The number of rotatable bonds is 8. The number of nitrogens with one attached hydrogen (secondary N) is 1. The fourth-order valence-corrected chi connectivity index (χ4v) is 5.29. The fraction of sp³-hybridized carbons (Fsp3) is 0.346. The molecule has 2 amide bonds. The molecular formula is C26H27N3O4S. The first-order valence-electron chi connectivity index (χ1n) is 11.6. The number of carbonyl (C=O) groups excluding carboxylic acids is 2. The molecule has 2 aliphatic rings. The molecule has 1 atom stereocenters. The Morgan fingerprint density at radius 3 is 2.65 bits per heavy atom. The minimum atomic E-state index is -0.763. The van der Waals surface area contributed by atoms with Crippen LogP contribution in [0.2, 0.25) is 0 Å². The van der Waals surface area contributed by atoms with Crippen molar-refractivity contribution < 1.29 is 19.1 Å². The van der Waals surface area contributed by atoms with Crippen molar-refractivity contribution in [1.82, 2.24) is 15.2 Å². The van der Waals surface area contributed by atoms with Gasteiger partial charge in [-0.25, -0.2) is 0 Å². The van der Waals surface area contributed by atoms with Gasteiger partial charge in [-0.15, -0.1) is 11.3 Å². The van der Waals surface area contributed by atoms with Crippen LogP contribution in [-0.4, -0.2) is 34.5 Å². The van der Waals surface area contributed by atoms with Crippen molar-refractivity contribution in [2.24, 2.45) is 0 Å². The van der Waals surface area contributed by atoms with E-state index in [-0.39, 0.29) is 37.6 Å². The number of hydrogen-bond acceptors (Lipinski definition) is 6. The predicted octanol–water partition coefficient (Wildman–Crippen LogP) is 4.24. The van der Waals surface area contributed by atoms with Crippen molar-refractivity contribution in [2.75, 3.05) is 6.79 Å². The number of aromatic nitrogens is 1. The quantitative estimate of drug-likeness (QED) is 0.525. The molecule has 0 saturated heterocycles. The number of hydrogen-bond donors (Lipinski definition) is 1. The highest BCUT2D eigenvalue weighted by atomic mass is 32.1. The van der Waals surface area contributed by atoms with Gasteiger partial charge < -0.3 is 19.7 Å². The smallest absolute Gasteiger partial charge is 0.247 e. The first-order valence-corrected chi connectivity index (χ1v) is 12.5. The molecule has 5 rings (SSSR count). The van der Waals surface area contributed by atoms with Crippen molar-refractivity contribution in [3.8, 4) is 11.5 Å². The highest BCUT2D eigenvalue weighted by Crippen LogP contribution is 2.34. The summed E-state index contributed by atoms with van der Waals surface area (Å²) < 4.78 is 11.0. The van der Waals surface area contributed by atoms with Crippen LogP contribution in [0.1, 0.15) is 47.7 Å². The van der Waals surface area contributed by atoms with Gasteiger partial charge in [-0.05, 0) is 59.7 Å². The Bertz CT molecular complexity index is 1130. The molecule has 3 heterocycles. The summed E-state index contributed by atoms with van der Waals surface area (Å²) in [4.78, 5) is 34.1. The number of benzene rings is 1. The predicted molar refractivity (Wildman–Crippen MR) is 129 cm³/mol. The summed E-state index contributed by atoms with van der Waals surface area (Å²) in [7, 11) is 0. The second-order valence-electron chi connectivity index (χ2n) is 8.64. The molecule has 176 valence electrons. The van der Waals surface area contributed by atoms with Crippen LogP contribution in [0.15, 0.2) is 60.2 Å². The standard InChI is InChI=1S/C26H27N3O4S/c30-24(15-21-6-3-13-34-21)29(16-18-7-8-22-23(14-18)33-17-32-22)25(19-9-11-27-12-10-19)26(31)28-20-4-1-2-5-20/h3,6-14,20,25H,1-2,4-5,15-17H2,(H,28,31)/t25-/m0/s1. The van der Waals surface area contributed by atoms with Crippen LogP contribution in [0.3, 0.4) is 0 Å². The van der Waals surface area contributed by atoms with Gasteiger partial charge in [-0.3, -0.25) is 14.6 Å². The lowest BCUT2D eigenvalue weighted by Crippen LogP contribution is -2.46. The molecule has 3 aromatic rings. The van der Waals surface area contributed by atoms with Crippen LogP contribution >= 0.6 is 11.3 Å². The Morgan fingerprint density at radius 2 is 1.88 bits per heavy atom. The molecule has 1 N–H and O–H groups in total. The first kappa shape index (κ1) is 22.4. The average molecular weight is 478 g/mol. The average Bonchev–Trinajstić information content (AvgIpc) is 3.62. The van der Waals surface area contributed by atoms with Gasteiger partial charge in [0, 0.05) is 29.9 Å². The Balaban J connectivity index is 1.48. The van der Waals surface area contributed by atoms with E-state index in [0.717, 1.165) is 41.7 Å². The van der Waals surface area contributed by atoms with E-state index >= 15 is 0 Å². The van der Waals surface area contributed by atoms with E-state index in [4.69, 9.17) is 9.47 Å². The van der Waals surface area contributed by atoms with E-state index in [1.807, 2.05) is 47.8 Å². The monoisotopic (exact) mass is 477 g/mol. The van der Waals surface area contributed by atoms with Crippen molar-refractivity contribution in [2.45, 2.75) is 50.7 Å². The summed E-state index contributed by atoms with van der Waals surface area (Å²) in [5, 5.41) is 5.16. The van der Waals surface area contributed by atoms with Crippen LogP contribution < -0.4 is 14.8 Å². The zero-order valence-corrected chi connectivity index (χ0v) is 19.6. The molecule has 1 fully saturated rings. The van der Waals surface area contributed by atoms with Crippen molar-refractivity contribution in [1.29, 1.82) is 0 Å². The number of thiophene rings is 1. The van der Waals surface area contributed by atoms with Gasteiger partial charge in [0.15, 0.2) is 11.5 Å². The molecule has 1 aromatic carbocycles. The topological polar surface area (TPSA) is 80.8 Å². The second-order valence-corrected chi connectivity index (χ2v) is 9.67. The van der Waals surface area contributed by atoms with Crippen molar-refractivity contribution >= 4 is 23.2 Å². The van der Waals surface area contributed by atoms with Crippen molar-refractivity contribution in [3.05, 3.63) is 76.2 Å². The maximum atomic E-state index is 13.7. The highest BCUT2D eigenvalue weighted by Gasteiger charge is 2.33. The summed E-state index contributed by atoms with van der Waals surface area (Å²) in [5.74, 6) is 1.07. The first-order chi connectivity index (χ1) is 16.7. The van der Waals surface area contributed by atoms with Crippen LogP contribution in [0.4, 0.5) is 0 Å². The summed E-state index contributed by atoms with van der Waals surface area (Å²) in [6, 6.07) is 12.5. The lowest BCUT2D eigenvalue weighted by atomic mass is 10.0. The third kappa shape index (κ3) is 5.07. The molecule has 2 aromatic heterocycles. The number of nitrogens with zero attached hydrogens (tertiary/aromatic N) is 2. The van der Waals surface area contributed by atoms with Gasteiger partial charge in [-0.1, -0.05) is 25.0 Å². The molecule has 34 heavy (non-hydrogen) atoms. The van der Waals surface area contributed by atoms with E-state index in [2.05, 4.69) is 10.3 Å². The van der Waals surface area contributed by atoms with Gasteiger partial charge in [-0.2, -0.15) is 0 Å². The van der Waals surface area contributed by atoms with E-state index in [1.165, 1.54) is 11.3 Å². The summed E-state index contributed by atoms with van der Waals surface area (Å²) >= 11 is 1.54. The van der Waals surface area contributed by atoms with E-state index in [9.17, 15) is 9.59 Å². The second kappa shape index (κ2) is 10.3. The van der Waals surface area contributed by atoms with Gasteiger partial charge in [0.05, 0.1) is 6.42 Å². The zero-order chi connectivity index (χ0) is 23.3. The molecule has 1 aliphatic carbocycles. The van der Waals surface area contributed by atoms with Gasteiger partial charge in [0.1, 0.15) is 6.04 Å². The molecule has 7 nitrogen and oxygen atoms in total. The minimum absolute atomic E-state index is 0.108. The number of amides is 2. The number of pyridine rings is 1. The Kier molecular flexibility index (Phi) is 6.76. The molecule has 0 bridgehead atoms. The van der Waals surface area contributed by atoms with Gasteiger partial charge in [0.25, 0.3) is 0 Å². The lowest BCUT2D eigenvalue weighted by molar-refractivity contribution is -0.141. The maximum Gasteiger partial charge on any atom is 0.247 e. The normalized spacial score (nSPS) is 15.8. The zero-order valence-electron chi connectivity index (χ0n) is 18.8. The SMILES string of the molecule is O=C(NC1CCCC1)[C@H](c1ccncc1)N(Cc1ccc2c(c1)OCO2)C(=O)Cc1cccs1. The number of ether oxygens (including phenoxy) is 2. The summed E-state index contributed by atoms with van der Waals surface area (Å²) in [6.07, 6.45) is 7.73. The summed E-state index contributed by atoms with van der Waals surface area (Å²) in [5.41, 5.74) is 1.61.